The fourth-order valence-corrected chi connectivity index (χ4v) is 3.72. The van der Waals surface area contributed by atoms with Gasteiger partial charge in [-0.15, -0.1) is 0 Å². The number of benzene rings is 2. The molecule has 2 aromatic rings. The number of carbonyl (C=O) groups is 4. The SMILES string of the molecule is CN1CCC(Cc2ccccc2)(C(=O)ON2C(=O)c3ccccc3C2=O)C1=O. The molecule has 3 amide bonds. The third kappa shape index (κ3) is 2.67. The van der Waals surface area contributed by atoms with E-state index < -0.39 is 23.2 Å². The molecule has 2 aromatic carbocycles. The van der Waals surface area contributed by atoms with E-state index in [2.05, 4.69) is 0 Å². The third-order valence-electron chi connectivity index (χ3n) is 5.30. The smallest absolute Gasteiger partial charge is 0.345 e. The van der Waals surface area contributed by atoms with Gasteiger partial charge in [0.05, 0.1) is 11.1 Å². The Balaban J connectivity index is 1.63. The largest absolute Gasteiger partial charge is 0.349 e. The van der Waals surface area contributed by atoms with Gasteiger partial charge in [0.2, 0.25) is 5.91 Å². The van der Waals surface area contributed by atoms with Crippen LogP contribution in [0.25, 0.3) is 0 Å². The van der Waals surface area contributed by atoms with Crippen LogP contribution in [0.2, 0.25) is 0 Å². The molecular weight excluding hydrogens is 360 g/mol. The number of rotatable bonds is 4. The van der Waals surface area contributed by atoms with Crippen LogP contribution in [0, 0.1) is 5.41 Å². The summed E-state index contributed by atoms with van der Waals surface area (Å²) >= 11 is 0. The zero-order valence-electron chi connectivity index (χ0n) is 15.3. The van der Waals surface area contributed by atoms with Gasteiger partial charge in [-0.25, -0.2) is 4.79 Å². The summed E-state index contributed by atoms with van der Waals surface area (Å²) in [5.74, 6) is -2.68. The molecule has 4 rings (SSSR count). The molecule has 2 aliphatic heterocycles. The Labute approximate surface area is 161 Å². The van der Waals surface area contributed by atoms with Crippen molar-refractivity contribution in [2.24, 2.45) is 5.41 Å². The molecule has 0 saturated carbocycles. The monoisotopic (exact) mass is 378 g/mol. The van der Waals surface area contributed by atoms with Crippen LogP contribution < -0.4 is 0 Å². The summed E-state index contributed by atoms with van der Waals surface area (Å²) in [6.45, 7) is 0.392. The molecule has 1 atom stereocenters. The minimum atomic E-state index is -1.47. The maximum absolute atomic E-state index is 13.1. The number of hydrogen-bond donors (Lipinski definition) is 0. The van der Waals surface area contributed by atoms with Gasteiger partial charge in [0.1, 0.15) is 0 Å². The van der Waals surface area contributed by atoms with Crippen molar-refractivity contribution in [1.29, 1.82) is 0 Å². The molecule has 0 spiro atoms. The number of nitrogens with zero attached hydrogens (tertiary/aromatic N) is 2. The first-order chi connectivity index (χ1) is 13.4. The third-order valence-corrected chi connectivity index (χ3v) is 5.30. The van der Waals surface area contributed by atoms with E-state index >= 15 is 0 Å². The number of carbonyl (C=O) groups excluding carboxylic acids is 4. The normalized spacial score (nSPS) is 21.2. The molecule has 1 fully saturated rings. The molecule has 0 aromatic heterocycles. The second-order valence-corrected chi connectivity index (χ2v) is 7.05. The number of hydrogen-bond acceptors (Lipinski definition) is 5. The maximum atomic E-state index is 13.1. The minimum Gasteiger partial charge on any atom is -0.345 e. The van der Waals surface area contributed by atoms with Crippen molar-refractivity contribution in [3.63, 3.8) is 0 Å². The number of likely N-dealkylation sites (tertiary alicyclic amines) is 1. The highest BCUT2D eigenvalue weighted by Gasteiger charge is 2.55. The highest BCUT2D eigenvalue weighted by molar-refractivity contribution is 6.21. The number of amides is 3. The lowest BCUT2D eigenvalue weighted by molar-refractivity contribution is -0.182. The quantitative estimate of drug-likeness (QED) is 0.599. The predicted molar refractivity (Wildman–Crippen MR) is 97.9 cm³/mol. The number of fused-ring (bicyclic) bond motifs is 1. The molecule has 0 N–H and O–H groups in total. The lowest BCUT2D eigenvalue weighted by atomic mass is 9.80. The molecule has 7 heteroatoms. The average Bonchev–Trinajstić information content (AvgIpc) is 3.13. The molecule has 142 valence electrons. The van der Waals surface area contributed by atoms with E-state index in [1.165, 1.54) is 17.0 Å². The van der Waals surface area contributed by atoms with E-state index in [1.54, 1.807) is 19.2 Å². The Morgan fingerprint density at radius 1 is 0.964 bits per heavy atom. The van der Waals surface area contributed by atoms with E-state index in [0.29, 0.717) is 11.6 Å². The Morgan fingerprint density at radius 2 is 1.54 bits per heavy atom. The summed E-state index contributed by atoms with van der Waals surface area (Å²) in [5.41, 5.74) is -0.323. The van der Waals surface area contributed by atoms with Gasteiger partial charge >= 0.3 is 5.97 Å². The van der Waals surface area contributed by atoms with E-state index in [4.69, 9.17) is 4.84 Å². The van der Waals surface area contributed by atoms with Gasteiger partial charge in [-0.05, 0) is 30.5 Å². The van der Waals surface area contributed by atoms with Crippen molar-refractivity contribution < 1.29 is 24.0 Å². The molecule has 28 heavy (non-hydrogen) atoms. The molecule has 0 bridgehead atoms. The average molecular weight is 378 g/mol. The van der Waals surface area contributed by atoms with Crippen molar-refractivity contribution in [2.75, 3.05) is 13.6 Å². The van der Waals surface area contributed by atoms with Crippen molar-refractivity contribution in [1.82, 2.24) is 9.96 Å². The van der Waals surface area contributed by atoms with Crippen LogP contribution in [0.4, 0.5) is 0 Å². The Bertz CT molecular complexity index is 952. The van der Waals surface area contributed by atoms with Crippen LogP contribution in [0.1, 0.15) is 32.7 Å². The first-order valence-corrected chi connectivity index (χ1v) is 8.94. The van der Waals surface area contributed by atoms with Gasteiger partial charge in [-0.2, -0.15) is 0 Å². The van der Waals surface area contributed by atoms with Crippen LogP contribution in [-0.2, 0) is 20.8 Å². The maximum Gasteiger partial charge on any atom is 0.349 e. The molecule has 1 unspecified atom stereocenters. The first-order valence-electron chi connectivity index (χ1n) is 8.94. The lowest BCUT2D eigenvalue weighted by Crippen LogP contribution is -2.46. The van der Waals surface area contributed by atoms with Crippen LogP contribution in [-0.4, -0.2) is 47.2 Å². The highest BCUT2D eigenvalue weighted by atomic mass is 16.7. The van der Waals surface area contributed by atoms with E-state index in [-0.39, 0.29) is 29.9 Å². The van der Waals surface area contributed by atoms with Crippen molar-refractivity contribution >= 4 is 23.7 Å². The van der Waals surface area contributed by atoms with Crippen LogP contribution in [0.15, 0.2) is 54.6 Å². The number of hydroxylamine groups is 2. The summed E-state index contributed by atoms with van der Waals surface area (Å²) in [4.78, 5) is 57.7. The predicted octanol–water partition coefficient (Wildman–Crippen LogP) is 1.83. The van der Waals surface area contributed by atoms with Gasteiger partial charge in [-0.1, -0.05) is 47.5 Å². The van der Waals surface area contributed by atoms with E-state index in [1.807, 2.05) is 30.3 Å². The fraction of sp³-hybridized carbons (Fsp3) is 0.238. The van der Waals surface area contributed by atoms with E-state index in [0.717, 1.165) is 5.56 Å². The second-order valence-electron chi connectivity index (χ2n) is 7.05. The van der Waals surface area contributed by atoms with Crippen molar-refractivity contribution in [2.45, 2.75) is 12.8 Å². The highest BCUT2D eigenvalue weighted by Crippen LogP contribution is 2.37. The van der Waals surface area contributed by atoms with Crippen LogP contribution >= 0.6 is 0 Å². The van der Waals surface area contributed by atoms with Gasteiger partial charge < -0.3 is 9.74 Å². The lowest BCUT2D eigenvalue weighted by Gasteiger charge is -2.26. The molecular formula is C21H18N2O5. The summed E-state index contributed by atoms with van der Waals surface area (Å²) in [5, 5.41) is 0.464. The second kappa shape index (κ2) is 6.60. The fourth-order valence-electron chi connectivity index (χ4n) is 3.72. The topological polar surface area (TPSA) is 84.0 Å². The zero-order chi connectivity index (χ0) is 19.9. The Kier molecular flexibility index (Phi) is 4.22. The standard InChI is InChI=1S/C21H18N2O5/c1-22-12-11-21(19(22)26,13-14-7-3-2-4-8-14)20(27)28-23-17(24)15-9-5-6-10-16(15)18(23)25/h2-10H,11-13H2,1H3. The summed E-state index contributed by atoms with van der Waals surface area (Å²) in [6.07, 6.45) is 0.387. The molecule has 0 radical (unpaired) electrons. The molecule has 7 nitrogen and oxygen atoms in total. The molecule has 2 aliphatic rings. The first kappa shape index (κ1) is 17.9. The van der Waals surface area contributed by atoms with Crippen molar-refractivity contribution in [3.05, 3.63) is 71.3 Å². The van der Waals surface area contributed by atoms with Gasteiger partial charge in [-0.3, -0.25) is 14.4 Å². The minimum absolute atomic E-state index is 0.138. The molecule has 0 aliphatic carbocycles. The van der Waals surface area contributed by atoms with Gasteiger partial charge in [0, 0.05) is 13.6 Å². The summed E-state index contributed by atoms with van der Waals surface area (Å²) in [7, 11) is 1.62. The summed E-state index contributed by atoms with van der Waals surface area (Å²) < 4.78 is 0. The zero-order valence-corrected chi connectivity index (χ0v) is 15.3. The van der Waals surface area contributed by atoms with Crippen molar-refractivity contribution in [3.8, 4) is 0 Å². The summed E-state index contributed by atoms with van der Waals surface area (Å²) in [6, 6.07) is 15.4. The van der Waals surface area contributed by atoms with Crippen LogP contribution in [0.3, 0.4) is 0 Å². The Morgan fingerprint density at radius 3 is 2.07 bits per heavy atom. The van der Waals surface area contributed by atoms with Gasteiger partial charge in [0.25, 0.3) is 11.8 Å². The van der Waals surface area contributed by atoms with Crippen LogP contribution in [0.5, 0.6) is 0 Å². The van der Waals surface area contributed by atoms with Gasteiger partial charge in [0.15, 0.2) is 5.41 Å². The molecule has 1 saturated heterocycles. The Hall–Kier alpha value is -3.48. The number of imide groups is 1. The molecule has 2 heterocycles. The van der Waals surface area contributed by atoms with E-state index in [9.17, 15) is 19.2 Å².